The van der Waals surface area contributed by atoms with Crippen LogP contribution in [-0.2, 0) is 0 Å². The van der Waals surface area contributed by atoms with Crippen LogP contribution in [-0.4, -0.2) is 6.21 Å². The van der Waals surface area contributed by atoms with Crippen LogP contribution in [0.25, 0.3) is 0 Å². The molecular formula is C6H8N-. The Labute approximate surface area is 44.1 Å². The van der Waals surface area contributed by atoms with Gasteiger partial charge in [0.1, 0.15) is 0 Å². The Morgan fingerprint density at radius 2 is 2.14 bits per heavy atom. The molecule has 0 fully saturated rings. The second-order valence-electron chi connectivity index (χ2n) is 0.919. The first-order valence-corrected chi connectivity index (χ1v) is 2.00. The van der Waals surface area contributed by atoms with Gasteiger partial charge in [-0.25, -0.2) is 0 Å². The Morgan fingerprint density at radius 3 is 2.57 bits per heavy atom. The lowest BCUT2D eigenvalue weighted by Crippen LogP contribution is -1.60. The third-order valence-electron chi connectivity index (χ3n) is 0.383. The molecule has 0 unspecified atom stereocenters. The molecule has 0 spiro atoms. The summed E-state index contributed by atoms with van der Waals surface area (Å²) < 4.78 is 0. The second kappa shape index (κ2) is 5.02. The average molecular weight is 94.1 g/mol. The minimum atomic E-state index is 1.60. The van der Waals surface area contributed by atoms with Crippen LogP contribution >= 0.6 is 0 Å². The maximum Gasteiger partial charge on any atom is -0.0740 e. The number of hydrogen-bond acceptors (Lipinski definition) is 1. The molecule has 0 saturated heterocycles. The number of rotatable bonds is 3. The SMILES string of the molecule is C=CC=N[CH-]C=C. The predicted molar refractivity (Wildman–Crippen MR) is 33.2 cm³/mol. The Balaban J connectivity index is 3.08. The lowest BCUT2D eigenvalue weighted by Gasteiger charge is -1.84. The second-order valence-corrected chi connectivity index (χ2v) is 0.919. The molecule has 0 N–H and O–H groups in total. The van der Waals surface area contributed by atoms with Gasteiger partial charge in [0, 0.05) is 0 Å². The molecule has 0 aliphatic carbocycles. The van der Waals surface area contributed by atoms with Gasteiger partial charge in [-0.3, -0.25) is 0 Å². The minimum Gasteiger partial charge on any atom is -0.390 e. The Hall–Kier alpha value is -0.980. The van der Waals surface area contributed by atoms with E-state index >= 15 is 0 Å². The molecule has 0 bridgehead atoms. The lowest BCUT2D eigenvalue weighted by molar-refractivity contribution is 1.45. The topological polar surface area (TPSA) is 12.4 Å². The van der Waals surface area contributed by atoms with Crippen molar-refractivity contribution in [3.8, 4) is 0 Å². The molecule has 0 rings (SSSR count). The van der Waals surface area contributed by atoms with Crippen molar-refractivity contribution in [3.05, 3.63) is 31.9 Å². The van der Waals surface area contributed by atoms with E-state index in [2.05, 4.69) is 18.2 Å². The highest BCUT2D eigenvalue weighted by atomic mass is 14.7. The van der Waals surface area contributed by atoms with E-state index in [-0.39, 0.29) is 0 Å². The monoisotopic (exact) mass is 94.1 g/mol. The normalized spacial score (nSPS) is 8.57. The Kier molecular flexibility index (Phi) is 4.32. The fourth-order valence-corrected chi connectivity index (χ4v) is 0.171. The molecule has 0 saturated carbocycles. The van der Waals surface area contributed by atoms with Gasteiger partial charge in [0.25, 0.3) is 0 Å². The van der Waals surface area contributed by atoms with Crippen molar-refractivity contribution in [2.24, 2.45) is 4.99 Å². The van der Waals surface area contributed by atoms with Crippen LogP contribution in [0, 0.1) is 6.54 Å². The zero-order chi connectivity index (χ0) is 5.54. The van der Waals surface area contributed by atoms with Crippen LogP contribution < -0.4 is 0 Å². The molecular weight excluding hydrogens is 86.1 g/mol. The summed E-state index contributed by atoms with van der Waals surface area (Å²) in [7, 11) is 0. The zero-order valence-corrected chi connectivity index (χ0v) is 4.17. The van der Waals surface area contributed by atoms with Gasteiger partial charge in [-0.2, -0.15) is 12.7 Å². The highest BCUT2D eigenvalue weighted by molar-refractivity contribution is 5.70. The van der Waals surface area contributed by atoms with Gasteiger partial charge >= 0.3 is 0 Å². The van der Waals surface area contributed by atoms with Crippen LogP contribution in [0.4, 0.5) is 0 Å². The quantitative estimate of drug-likeness (QED) is 0.372. The molecule has 1 heteroatoms. The highest BCUT2D eigenvalue weighted by Crippen LogP contribution is 1.74. The molecule has 0 aliphatic rings. The van der Waals surface area contributed by atoms with Gasteiger partial charge in [-0.15, -0.1) is 12.7 Å². The van der Waals surface area contributed by atoms with Gasteiger partial charge < -0.3 is 4.99 Å². The zero-order valence-electron chi connectivity index (χ0n) is 4.17. The molecule has 0 heterocycles. The van der Waals surface area contributed by atoms with Gasteiger partial charge in [-0.1, -0.05) is 12.8 Å². The van der Waals surface area contributed by atoms with Crippen molar-refractivity contribution in [2.45, 2.75) is 0 Å². The smallest absolute Gasteiger partial charge is 0.0740 e. The van der Waals surface area contributed by atoms with E-state index in [0.29, 0.717) is 0 Å². The molecule has 0 aromatic rings. The third-order valence-corrected chi connectivity index (χ3v) is 0.383. The summed E-state index contributed by atoms with van der Waals surface area (Å²) in [5, 5.41) is 0. The van der Waals surface area contributed by atoms with Gasteiger partial charge in [-0.05, 0) is 0 Å². The van der Waals surface area contributed by atoms with E-state index in [1.165, 1.54) is 0 Å². The number of nitrogens with zero attached hydrogens (tertiary/aromatic N) is 1. The molecule has 0 aromatic heterocycles. The molecule has 0 radical (unpaired) electrons. The molecule has 0 aliphatic heterocycles. The van der Waals surface area contributed by atoms with Crippen molar-refractivity contribution >= 4 is 6.21 Å². The third kappa shape index (κ3) is 5.02. The first-order valence-electron chi connectivity index (χ1n) is 2.00. The molecule has 7 heavy (non-hydrogen) atoms. The van der Waals surface area contributed by atoms with Gasteiger partial charge in [0.15, 0.2) is 0 Å². The van der Waals surface area contributed by atoms with Crippen molar-refractivity contribution in [1.29, 1.82) is 0 Å². The molecule has 0 amide bonds. The van der Waals surface area contributed by atoms with Crippen LogP contribution in [0.3, 0.4) is 0 Å². The summed E-state index contributed by atoms with van der Waals surface area (Å²) in [6.07, 6.45) is 4.82. The number of hydrogen-bond donors (Lipinski definition) is 0. The Bertz CT molecular complexity index is 82.2. The van der Waals surface area contributed by atoms with Crippen LogP contribution in [0.1, 0.15) is 0 Å². The summed E-state index contributed by atoms with van der Waals surface area (Å²) >= 11 is 0. The first-order chi connectivity index (χ1) is 3.41. The van der Waals surface area contributed by atoms with Gasteiger partial charge in [0.2, 0.25) is 0 Å². The number of allylic oxidation sites excluding steroid dienone is 1. The average Bonchev–Trinajstić information content (AvgIpc) is 1.69. The maximum atomic E-state index is 3.72. The summed E-state index contributed by atoms with van der Waals surface area (Å²) in [6, 6.07) is 0. The van der Waals surface area contributed by atoms with Crippen molar-refractivity contribution in [3.63, 3.8) is 0 Å². The molecule has 1 nitrogen and oxygen atoms in total. The summed E-state index contributed by atoms with van der Waals surface area (Å²) in [5.74, 6) is 0. The standard InChI is InChI=1S/C6H8N/c1-3-5-7-6-4-2/h3-6H,1-2H2/q-1. The van der Waals surface area contributed by atoms with Crippen molar-refractivity contribution in [2.75, 3.05) is 0 Å². The van der Waals surface area contributed by atoms with Crippen molar-refractivity contribution < 1.29 is 0 Å². The van der Waals surface area contributed by atoms with Gasteiger partial charge in [0.05, 0.1) is 0 Å². The Morgan fingerprint density at radius 1 is 1.43 bits per heavy atom. The maximum absolute atomic E-state index is 3.72. The van der Waals surface area contributed by atoms with Crippen LogP contribution in [0.5, 0.6) is 0 Å². The summed E-state index contributed by atoms with van der Waals surface area (Å²) in [6.45, 7) is 8.46. The largest absolute Gasteiger partial charge is 0.390 e. The van der Waals surface area contributed by atoms with E-state index in [9.17, 15) is 0 Å². The van der Waals surface area contributed by atoms with E-state index in [1.54, 1.807) is 24.9 Å². The molecule has 0 atom stereocenters. The predicted octanol–water partition coefficient (Wildman–Crippen LogP) is 1.59. The minimum absolute atomic E-state index is 1.60. The van der Waals surface area contributed by atoms with Crippen molar-refractivity contribution in [1.82, 2.24) is 0 Å². The van der Waals surface area contributed by atoms with Crippen LogP contribution in [0.2, 0.25) is 0 Å². The summed E-state index contributed by atoms with van der Waals surface area (Å²) in [5.41, 5.74) is 0. The van der Waals surface area contributed by atoms with E-state index in [1.807, 2.05) is 0 Å². The summed E-state index contributed by atoms with van der Waals surface area (Å²) in [4.78, 5) is 3.72. The fourth-order valence-electron chi connectivity index (χ4n) is 0.171. The van der Waals surface area contributed by atoms with E-state index in [0.717, 1.165) is 0 Å². The van der Waals surface area contributed by atoms with Crippen LogP contribution in [0.15, 0.2) is 30.3 Å². The molecule has 0 aromatic carbocycles. The fraction of sp³-hybridized carbons (Fsp3) is 0. The van der Waals surface area contributed by atoms with E-state index < -0.39 is 0 Å². The highest BCUT2D eigenvalue weighted by Gasteiger charge is 1.48. The number of aliphatic imine (C=N–C) groups is 1. The molecule has 38 valence electrons. The first kappa shape index (κ1) is 6.02. The lowest BCUT2D eigenvalue weighted by atomic mass is 10.6. The van der Waals surface area contributed by atoms with E-state index in [4.69, 9.17) is 0 Å².